The van der Waals surface area contributed by atoms with E-state index in [1.165, 1.54) is 11.8 Å². The minimum atomic E-state index is 0.0642. The number of hydrogen-bond donors (Lipinski definition) is 0. The molecule has 0 bridgehead atoms. The minimum absolute atomic E-state index is 0.0642. The van der Waals surface area contributed by atoms with Crippen LogP contribution in [0, 0.1) is 13.8 Å². The molecule has 0 saturated carbocycles. The number of carbonyl (C=O) groups is 1. The summed E-state index contributed by atoms with van der Waals surface area (Å²) in [6.45, 7) is 3.90. The van der Waals surface area contributed by atoms with Crippen molar-refractivity contribution in [1.29, 1.82) is 0 Å². The highest BCUT2D eigenvalue weighted by Crippen LogP contribution is 2.30. The van der Waals surface area contributed by atoms with E-state index in [1.54, 1.807) is 12.1 Å². The number of aromatic nitrogens is 1. The van der Waals surface area contributed by atoms with Crippen molar-refractivity contribution < 1.29 is 4.79 Å². The van der Waals surface area contributed by atoms with Crippen LogP contribution in [-0.4, -0.2) is 16.1 Å². The Balaban J connectivity index is 1.86. The van der Waals surface area contributed by atoms with Crippen LogP contribution in [0.5, 0.6) is 0 Å². The van der Waals surface area contributed by atoms with Gasteiger partial charge in [-0.05, 0) is 50.2 Å². The summed E-state index contributed by atoms with van der Waals surface area (Å²) >= 11 is 19.8. The van der Waals surface area contributed by atoms with Crippen LogP contribution in [0.1, 0.15) is 21.7 Å². The molecule has 2 nitrogen and oxygen atoms in total. The summed E-state index contributed by atoms with van der Waals surface area (Å²) in [5, 5.41) is 1.65. The average Bonchev–Trinajstić information content (AvgIpc) is 2.91. The Morgan fingerprint density at radius 2 is 1.69 bits per heavy atom. The van der Waals surface area contributed by atoms with Crippen molar-refractivity contribution in [1.82, 2.24) is 4.57 Å². The van der Waals surface area contributed by atoms with Crippen molar-refractivity contribution in [3.05, 3.63) is 80.6 Å². The molecule has 0 spiro atoms. The number of hydrogen-bond acceptors (Lipinski definition) is 2. The molecule has 0 N–H and O–H groups in total. The normalized spacial score (nSPS) is 11.0. The lowest BCUT2D eigenvalue weighted by atomic mass is 10.2. The lowest BCUT2D eigenvalue weighted by molar-refractivity contribution is 0.102. The van der Waals surface area contributed by atoms with Gasteiger partial charge in [-0.3, -0.25) is 4.79 Å². The third-order valence-corrected chi connectivity index (χ3v) is 6.34. The van der Waals surface area contributed by atoms with E-state index in [4.69, 9.17) is 34.8 Å². The molecule has 2 aromatic carbocycles. The maximum Gasteiger partial charge on any atom is 0.174 e. The SMILES string of the molecule is Cc1cc(C(=O)CSc2ccccc2Cl)c(C)n1-c1ccc(Cl)c(Cl)c1. The number of nitrogens with zero attached hydrogens (tertiary/aromatic N) is 1. The summed E-state index contributed by atoms with van der Waals surface area (Å²) in [4.78, 5) is 13.6. The van der Waals surface area contributed by atoms with E-state index in [0.29, 0.717) is 26.4 Å². The summed E-state index contributed by atoms with van der Waals surface area (Å²) in [6, 6.07) is 14.9. The van der Waals surface area contributed by atoms with Gasteiger partial charge in [0, 0.05) is 27.5 Å². The zero-order valence-electron chi connectivity index (χ0n) is 14.2. The molecule has 0 aliphatic rings. The van der Waals surface area contributed by atoms with E-state index in [2.05, 4.69) is 0 Å². The quantitative estimate of drug-likeness (QED) is 0.324. The lowest BCUT2D eigenvalue weighted by Crippen LogP contribution is -2.05. The topological polar surface area (TPSA) is 22.0 Å². The first-order chi connectivity index (χ1) is 12.4. The first-order valence-electron chi connectivity index (χ1n) is 7.93. The molecule has 26 heavy (non-hydrogen) atoms. The summed E-state index contributed by atoms with van der Waals surface area (Å²) in [5.41, 5.74) is 3.43. The molecular formula is C20H16Cl3NOS. The van der Waals surface area contributed by atoms with Gasteiger partial charge in [0.25, 0.3) is 0 Å². The molecule has 0 aliphatic carbocycles. The van der Waals surface area contributed by atoms with E-state index < -0.39 is 0 Å². The predicted octanol–water partition coefficient (Wildman–Crippen LogP) is 7.03. The Labute approximate surface area is 172 Å². The van der Waals surface area contributed by atoms with E-state index >= 15 is 0 Å². The van der Waals surface area contributed by atoms with Crippen LogP contribution in [-0.2, 0) is 0 Å². The largest absolute Gasteiger partial charge is 0.318 e. The fourth-order valence-electron chi connectivity index (χ4n) is 2.85. The highest BCUT2D eigenvalue weighted by Gasteiger charge is 2.17. The molecule has 6 heteroatoms. The Morgan fingerprint density at radius 1 is 0.962 bits per heavy atom. The van der Waals surface area contributed by atoms with Crippen molar-refractivity contribution >= 4 is 52.3 Å². The van der Waals surface area contributed by atoms with Gasteiger partial charge in [0.05, 0.1) is 20.8 Å². The predicted molar refractivity (Wildman–Crippen MR) is 112 cm³/mol. The van der Waals surface area contributed by atoms with Crippen molar-refractivity contribution in [3.63, 3.8) is 0 Å². The van der Waals surface area contributed by atoms with E-state index in [0.717, 1.165) is 22.0 Å². The third kappa shape index (κ3) is 3.96. The van der Waals surface area contributed by atoms with Crippen LogP contribution in [0.15, 0.2) is 53.4 Å². The Bertz CT molecular complexity index is 981. The summed E-state index contributed by atoms with van der Waals surface area (Å²) in [7, 11) is 0. The minimum Gasteiger partial charge on any atom is -0.318 e. The molecule has 0 fully saturated rings. The van der Waals surface area contributed by atoms with Crippen LogP contribution >= 0.6 is 46.6 Å². The van der Waals surface area contributed by atoms with Gasteiger partial charge >= 0.3 is 0 Å². The maximum atomic E-state index is 12.7. The van der Waals surface area contributed by atoms with Gasteiger partial charge in [0.2, 0.25) is 0 Å². The second kappa shape index (κ2) is 8.10. The number of halogens is 3. The van der Waals surface area contributed by atoms with Crippen LogP contribution in [0.25, 0.3) is 5.69 Å². The highest BCUT2D eigenvalue weighted by molar-refractivity contribution is 8.00. The number of thioether (sulfide) groups is 1. The molecule has 1 heterocycles. The third-order valence-electron chi connectivity index (χ3n) is 4.09. The smallest absolute Gasteiger partial charge is 0.174 e. The number of ketones is 1. The summed E-state index contributed by atoms with van der Waals surface area (Å²) in [6.07, 6.45) is 0. The molecule has 0 aliphatic heterocycles. The lowest BCUT2D eigenvalue weighted by Gasteiger charge is -2.11. The van der Waals surface area contributed by atoms with Crippen LogP contribution in [0.3, 0.4) is 0 Å². The monoisotopic (exact) mass is 423 g/mol. The zero-order valence-corrected chi connectivity index (χ0v) is 17.3. The van der Waals surface area contributed by atoms with E-state index in [9.17, 15) is 4.79 Å². The second-order valence-electron chi connectivity index (χ2n) is 5.86. The van der Waals surface area contributed by atoms with Crippen molar-refractivity contribution in [2.75, 3.05) is 5.75 Å². The van der Waals surface area contributed by atoms with Crippen LogP contribution in [0.4, 0.5) is 0 Å². The molecular weight excluding hydrogens is 409 g/mol. The first-order valence-corrected chi connectivity index (χ1v) is 10.1. The van der Waals surface area contributed by atoms with Crippen molar-refractivity contribution in [2.24, 2.45) is 0 Å². The van der Waals surface area contributed by atoms with Gasteiger partial charge in [-0.25, -0.2) is 0 Å². The molecule has 0 amide bonds. The second-order valence-corrected chi connectivity index (χ2v) is 8.10. The molecule has 1 aromatic heterocycles. The van der Waals surface area contributed by atoms with Gasteiger partial charge < -0.3 is 4.57 Å². The number of carbonyl (C=O) groups excluding carboxylic acids is 1. The standard InChI is InChI=1S/C20H16Cl3NOS/c1-12-9-15(19(25)11-26-20-6-4-3-5-17(20)22)13(2)24(12)14-7-8-16(21)18(23)10-14/h3-10H,11H2,1-2H3. The molecule has 3 aromatic rings. The number of benzene rings is 2. The fourth-order valence-corrected chi connectivity index (χ4v) is 4.26. The van der Waals surface area contributed by atoms with Gasteiger partial charge in [-0.2, -0.15) is 0 Å². The molecule has 134 valence electrons. The Morgan fingerprint density at radius 3 is 2.38 bits per heavy atom. The van der Waals surface area contributed by atoms with Gasteiger partial charge in [0.15, 0.2) is 5.78 Å². The van der Waals surface area contributed by atoms with E-state index in [1.807, 2.05) is 54.8 Å². The number of Topliss-reactive ketones (excluding diaryl/α,β-unsaturated/α-hetero) is 1. The summed E-state index contributed by atoms with van der Waals surface area (Å²) < 4.78 is 2.01. The maximum absolute atomic E-state index is 12.7. The molecule has 0 radical (unpaired) electrons. The Kier molecular flexibility index (Phi) is 6.03. The van der Waals surface area contributed by atoms with Gasteiger partial charge in [0.1, 0.15) is 0 Å². The highest BCUT2D eigenvalue weighted by atomic mass is 35.5. The Hall–Kier alpha value is -1.39. The van der Waals surface area contributed by atoms with Crippen LogP contribution in [0.2, 0.25) is 15.1 Å². The van der Waals surface area contributed by atoms with Crippen LogP contribution < -0.4 is 0 Å². The van der Waals surface area contributed by atoms with E-state index in [-0.39, 0.29) is 5.78 Å². The number of rotatable bonds is 5. The van der Waals surface area contributed by atoms with Crippen molar-refractivity contribution in [3.8, 4) is 5.69 Å². The van der Waals surface area contributed by atoms with Crippen molar-refractivity contribution in [2.45, 2.75) is 18.7 Å². The average molecular weight is 425 g/mol. The molecule has 3 rings (SSSR count). The molecule has 0 saturated heterocycles. The zero-order chi connectivity index (χ0) is 18.8. The molecule has 0 unspecified atom stereocenters. The summed E-state index contributed by atoms with van der Waals surface area (Å²) in [5.74, 6) is 0.393. The first kappa shape index (κ1) is 19.4. The van der Waals surface area contributed by atoms with Gasteiger partial charge in [-0.15, -0.1) is 11.8 Å². The number of aryl methyl sites for hydroxylation is 1. The van der Waals surface area contributed by atoms with Gasteiger partial charge in [-0.1, -0.05) is 46.9 Å². The molecule has 0 atom stereocenters. The fraction of sp³-hybridized carbons (Fsp3) is 0.150.